The number of carbonyl (C=O) groups is 1. The maximum Gasteiger partial charge on any atom is 0.264 e. The van der Waals surface area contributed by atoms with Crippen LogP contribution in [0.15, 0.2) is 24.3 Å². The molecule has 0 unspecified atom stereocenters. The molecule has 1 amide bonds. The minimum Gasteiger partial charge on any atom is -0.351 e. The molecule has 24 heavy (non-hydrogen) atoms. The minimum absolute atomic E-state index is 0.00842. The van der Waals surface area contributed by atoms with Crippen LogP contribution in [-0.4, -0.2) is 47.2 Å². The summed E-state index contributed by atoms with van der Waals surface area (Å²) < 4.78 is 0. The van der Waals surface area contributed by atoms with Crippen LogP contribution >= 0.6 is 11.3 Å². The fraction of sp³-hybridized carbons (Fsp3) is 0.500. The number of aromatic nitrogens is 2. The molecule has 1 aliphatic heterocycles. The zero-order valence-electron chi connectivity index (χ0n) is 14.9. The number of amides is 1. The highest BCUT2D eigenvalue weighted by Crippen LogP contribution is 2.25. The summed E-state index contributed by atoms with van der Waals surface area (Å²) in [5, 5.41) is 8.68. The Kier molecular flexibility index (Phi) is 4.34. The van der Waals surface area contributed by atoms with Crippen LogP contribution in [0.2, 0.25) is 0 Å². The standard InChI is InChI=1S/C18H24N4OS/c1-12-6-7-14(24-12)17(23)21(5)13-10-22(11-13)16-9-8-15(19-20-16)18(2,3)4/h6-9,13H,10-11H2,1-5H3. The van der Waals surface area contributed by atoms with E-state index in [1.165, 1.54) is 0 Å². The maximum absolute atomic E-state index is 12.5. The van der Waals surface area contributed by atoms with Crippen LogP contribution in [0, 0.1) is 6.92 Å². The lowest BCUT2D eigenvalue weighted by atomic mass is 9.92. The van der Waals surface area contributed by atoms with Gasteiger partial charge in [0.2, 0.25) is 0 Å². The Morgan fingerprint density at radius 2 is 1.92 bits per heavy atom. The van der Waals surface area contributed by atoms with Gasteiger partial charge < -0.3 is 9.80 Å². The normalized spacial score (nSPS) is 15.3. The molecule has 1 saturated heterocycles. The number of thiophene rings is 1. The van der Waals surface area contributed by atoms with Gasteiger partial charge in [0.25, 0.3) is 5.91 Å². The van der Waals surface area contributed by atoms with E-state index in [1.807, 2.05) is 43.1 Å². The molecule has 0 atom stereocenters. The second-order valence-corrected chi connectivity index (χ2v) is 8.70. The Morgan fingerprint density at radius 3 is 2.42 bits per heavy atom. The summed E-state index contributed by atoms with van der Waals surface area (Å²) in [5.41, 5.74) is 0.998. The van der Waals surface area contributed by atoms with Gasteiger partial charge in [0, 0.05) is 30.4 Å². The zero-order valence-corrected chi connectivity index (χ0v) is 15.7. The van der Waals surface area contributed by atoms with Gasteiger partial charge in [-0.25, -0.2) is 0 Å². The van der Waals surface area contributed by atoms with Crippen LogP contribution in [0.4, 0.5) is 5.82 Å². The quantitative estimate of drug-likeness (QED) is 0.858. The van der Waals surface area contributed by atoms with Gasteiger partial charge in [0.1, 0.15) is 0 Å². The summed E-state index contributed by atoms with van der Waals surface area (Å²) in [6.07, 6.45) is 0. The maximum atomic E-state index is 12.5. The van der Waals surface area contributed by atoms with E-state index in [4.69, 9.17) is 0 Å². The lowest BCUT2D eigenvalue weighted by Crippen LogP contribution is -2.60. The highest BCUT2D eigenvalue weighted by atomic mass is 32.1. The second-order valence-electron chi connectivity index (χ2n) is 7.41. The van der Waals surface area contributed by atoms with Gasteiger partial charge in [-0.3, -0.25) is 4.79 Å². The fourth-order valence-electron chi connectivity index (χ4n) is 2.67. The number of aryl methyl sites for hydroxylation is 1. The van der Waals surface area contributed by atoms with Crippen molar-refractivity contribution in [3.8, 4) is 0 Å². The summed E-state index contributed by atoms with van der Waals surface area (Å²) in [7, 11) is 1.88. The van der Waals surface area contributed by atoms with Gasteiger partial charge in [-0.15, -0.1) is 16.4 Å². The molecule has 6 heteroatoms. The van der Waals surface area contributed by atoms with E-state index in [-0.39, 0.29) is 17.4 Å². The molecule has 1 fully saturated rings. The van der Waals surface area contributed by atoms with Crippen molar-refractivity contribution in [3.05, 3.63) is 39.7 Å². The summed E-state index contributed by atoms with van der Waals surface area (Å²) in [6, 6.07) is 8.19. The predicted molar refractivity (Wildman–Crippen MR) is 97.9 cm³/mol. The van der Waals surface area contributed by atoms with Crippen LogP contribution in [0.5, 0.6) is 0 Å². The van der Waals surface area contributed by atoms with Crippen molar-refractivity contribution in [1.29, 1.82) is 0 Å². The van der Waals surface area contributed by atoms with Gasteiger partial charge >= 0.3 is 0 Å². The Hall–Kier alpha value is -1.95. The van der Waals surface area contributed by atoms with E-state index in [2.05, 4.69) is 35.9 Å². The Balaban J connectivity index is 1.59. The lowest BCUT2D eigenvalue weighted by molar-refractivity contribution is 0.0710. The first kappa shape index (κ1) is 16.9. The van der Waals surface area contributed by atoms with Gasteiger partial charge in [-0.1, -0.05) is 20.8 Å². The molecule has 0 spiro atoms. The third-order valence-corrected chi connectivity index (χ3v) is 5.41. The van der Waals surface area contributed by atoms with E-state index in [0.717, 1.165) is 34.4 Å². The number of hydrogen-bond acceptors (Lipinski definition) is 5. The van der Waals surface area contributed by atoms with E-state index in [0.29, 0.717) is 0 Å². The number of likely N-dealkylation sites (N-methyl/N-ethyl adjacent to an activating group) is 1. The molecule has 0 aromatic carbocycles. The van der Waals surface area contributed by atoms with Crippen LogP contribution in [-0.2, 0) is 5.41 Å². The molecule has 0 N–H and O–H groups in total. The summed E-state index contributed by atoms with van der Waals surface area (Å²) in [4.78, 5) is 18.5. The minimum atomic E-state index is 0.00842. The number of hydrogen-bond donors (Lipinski definition) is 0. The molecule has 0 radical (unpaired) electrons. The molecule has 0 bridgehead atoms. The van der Waals surface area contributed by atoms with Crippen LogP contribution in [0.1, 0.15) is 41.0 Å². The predicted octanol–water partition coefficient (Wildman–Crippen LogP) is 3.10. The first-order valence-corrected chi connectivity index (χ1v) is 9.00. The van der Waals surface area contributed by atoms with Crippen molar-refractivity contribution in [1.82, 2.24) is 15.1 Å². The lowest BCUT2D eigenvalue weighted by Gasteiger charge is -2.44. The molecule has 2 aromatic heterocycles. The van der Waals surface area contributed by atoms with Gasteiger partial charge in [0.05, 0.1) is 16.6 Å². The Morgan fingerprint density at radius 1 is 1.21 bits per heavy atom. The van der Waals surface area contributed by atoms with Crippen molar-refractivity contribution in [2.45, 2.75) is 39.2 Å². The van der Waals surface area contributed by atoms with Crippen molar-refractivity contribution >= 4 is 23.1 Å². The average Bonchev–Trinajstić information content (AvgIpc) is 2.91. The third kappa shape index (κ3) is 3.29. The first-order valence-electron chi connectivity index (χ1n) is 8.18. The molecule has 2 aromatic rings. The zero-order chi connectivity index (χ0) is 17.5. The van der Waals surface area contributed by atoms with E-state index in [9.17, 15) is 4.79 Å². The monoisotopic (exact) mass is 344 g/mol. The molecular weight excluding hydrogens is 320 g/mol. The topological polar surface area (TPSA) is 49.3 Å². The van der Waals surface area contributed by atoms with Gasteiger partial charge in [0.15, 0.2) is 5.82 Å². The average molecular weight is 344 g/mol. The van der Waals surface area contributed by atoms with Crippen LogP contribution < -0.4 is 4.90 Å². The molecule has 1 aliphatic rings. The highest BCUT2D eigenvalue weighted by Gasteiger charge is 2.34. The van der Waals surface area contributed by atoms with Crippen LogP contribution in [0.3, 0.4) is 0 Å². The summed E-state index contributed by atoms with van der Waals surface area (Å²) in [5.74, 6) is 0.985. The van der Waals surface area contributed by atoms with Gasteiger partial charge in [-0.2, -0.15) is 5.10 Å². The summed E-state index contributed by atoms with van der Waals surface area (Å²) >= 11 is 1.55. The molecule has 3 rings (SSSR count). The fourth-order valence-corrected chi connectivity index (χ4v) is 3.52. The van der Waals surface area contributed by atoms with Crippen molar-refractivity contribution in [2.75, 3.05) is 25.0 Å². The number of anilines is 1. The smallest absolute Gasteiger partial charge is 0.264 e. The highest BCUT2D eigenvalue weighted by molar-refractivity contribution is 7.13. The van der Waals surface area contributed by atoms with Crippen LogP contribution in [0.25, 0.3) is 0 Å². The first-order chi connectivity index (χ1) is 11.3. The Bertz CT molecular complexity index is 726. The molecule has 0 aliphatic carbocycles. The van der Waals surface area contributed by atoms with Crippen molar-refractivity contribution in [3.63, 3.8) is 0 Å². The SMILES string of the molecule is Cc1ccc(C(=O)N(C)C2CN(c3ccc(C(C)(C)C)nn3)C2)s1. The second kappa shape index (κ2) is 6.16. The van der Waals surface area contributed by atoms with E-state index < -0.39 is 0 Å². The largest absolute Gasteiger partial charge is 0.351 e. The Labute approximate surface area is 147 Å². The number of nitrogens with zero attached hydrogens (tertiary/aromatic N) is 4. The third-order valence-electron chi connectivity index (χ3n) is 4.42. The number of rotatable bonds is 3. The number of carbonyl (C=O) groups excluding carboxylic acids is 1. The van der Waals surface area contributed by atoms with E-state index in [1.54, 1.807) is 11.3 Å². The molecular formula is C18H24N4OS. The van der Waals surface area contributed by atoms with Crippen molar-refractivity contribution in [2.24, 2.45) is 0 Å². The van der Waals surface area contributed by atoms with E-state index >= 15 is 0 Å². The van der Waals surface area contributed by atoms with Crippen molar-refractivity contribution < 1.29 is 4.79 Å². The molecule has 0 saturated carbocycles. The molecule has 3 heterocycles. The van der Waals surface area contributed by atoms with Gasteiger partial charge in [-0.05, 0) is 31.2 Å². The molecule has 128 valence electrons. The summed E-state index contributed by atoms with van der Waals surface area (Å²) in [6.45, 7) is 10.0. The molecule has 5 nitrogen and oxygen atoms in total.